The first-order valence-electron chi connectivity index (χ1n) is 20.1. The molecule has 2 atom stereocenters. The van der Waals surface area contributed by atoms with Gasteiger partial charge >= 0.3 is 5.97 Å². The Balaban J connectivity index is 0.000000170. The van der Waals surface area contributed by atoms with E-state index in [-0.39, 0.29) is 18.2 Å². The fraction of sp³-hybridized carbons (Fsp3) is 0.568. The van der Waals surface area contributed by atoms with Crippen LogP contribution in [0.2, 0.25) is 0 Å². The molecule has 4 aromatic rings. The van der Waals surface area contributed by atoms with E-state index in [1.54, 1.807) is 11.0 Å². The topological polar surface area (TPSA) is 103 Å². The molecular weight excluding hydrogens is 666 g/mol. The number of carboxylic acid groups (broad SMARTS) is 1. The highest BCUT2D eigenvalue weighted by Crippen LogP contribution is 2.41. The predicted octanol–water partition coefficient (Wildman–Crippen LogP) is 7.56. The number of aromatic carboxylic acids is 1. The number of rotatable bonds is 8. The van der Waals surface area contributed by atoms with Gasteiger partial charge in [0.05, 0.1) is 12.1 Å². The lowest BCUT2D eigenvalue weighted by molar-refractivity contribution is -0.119. The number of aromatic nitrogens is 2. The Bertz CT molecular complexity index is 1980. The van der Waals surface area contributed by atoms with Crippen molar-refractivity contribution in [2.45, 2.75) is 84.5 Å². The molecule has 9 heteroatoms. The zero-order chi connectivity index (χ0) is 37.2. The lowest BCUT2D eigenvalue weighted by Gasteiger charge is -2.33. The molecule has 2 aliphatic heterocycles. The molecule has 1 amide bonds. The standard InChI is InChI=1S/C25H34N2O3.C19H23NO3/c1-4-20(28)16-27(5-2)25(29)19-7-9-24-22(15-19)21-14-18(6-8-23(21)26(24)3)17-10-12-30-13-11-17;1-20-17-4-2-13(12-6-8-23-9-7-12)10-15(17)16-11-14(19(21)22)3-5-18(16)20/h7,9,15,17-18H,4-6,8,10-14,16H2,1-3H3;3,5,11-13H,2,4,6-10H2,1H3,(H,21,22). The van der Waals surface area contributed by atoms with Crippen molar-refractivity contribution < 1.29 is 29.0 Å². The fourth-order valence-corrected chi connectivity index (χ4v) is 9.89. The van der Waals surface area contributed by atoms with Crippen LogP contribution in [-0.2, 0) is 54.0 Å². The van der Waals surface area contributed by atoms with Crippen molar-refractivity contribution in [2.75, 3.05) is 39.5 Å². The summed E-state index contributed by atoms with van der Waals surface area (Å²) in [5, 5.41) is 11.6. The van der Waals surface area contributed by atoms with Crippen molar-refractivity contribution in [3.63, 3.8) is 0 Å². The molecule has 4 heterocycles. The van der Waals surface area contributed by atoms with Gasteiger partial charge in [0.25, 0.3) is 5.91 Å². The first kappa shape index (κ1) is 37.4. The van der Waals surface area contributed by atoms with Crippen LogP contribution < -0.4 is 0 Å². The van der Waals surface area contributed by atoms with E-state index >= 15 is 0 Å². The van der Waals surface area contributed by atoms with E-state index in [1.807, 2.05) is 32.0 Å². The normalized spacial score (nSPS) is 20.8. The number of fused-ring (bicyclic) bond motifs is 6. The van der Waals surface area contributed by atoms with Crippen LogP contribution in [0.15, 0.2) is 36.4 Å². The Morgan fingerprint density at radius 3 is 1.62 bits per heavy atom. The SMILES string of the molecule is CCC(=O)CN(CC)C(=O)c1ccc2c(c1)c1c(n2C)CCC(C2CCOCC2)C1.Cn1c2c(c3cc(C(=O)O)ccc31)CC(C1CCOCC1)CC2. The van der Waals surface area contributed by atoms with Gasteiger partial charge in [0.15, 0.2) is 5.78 Å². The molecule has 8 rings (SSSR count). The summed E-state index contributed by atoms with van der Waals surface area (Å²) in [6.07, 6.45) is 12.0. The molecule has 2 saturated heterocycles. The van der Waals surface area contributed by atoms with Gasteiger partial charge < -0.3 is 28.6 Å². The number of hydrogen-bond donors (Lipinski definition) is 1. The number of nitrogens with zero attached hydrogens (tertiary/aromatic N) is 3. The van der Waals surface area contributed by atoms with Gasteiger partial charge in [-0.2, -0.15) is 0 Å². The number of carboxylic acids is 1. The summed E-state index contributed by atoms with van der Waals surface area (Å²) >= 11 is 0. The third-order valence-corrected chi connectivity index (χ3v) is 13.1. The highest BCUT2D eigenvalue weighted by atomic mass is 16.5. The maximum atomic E-state index is 13.1. The number of hydrogen-bond acceptors (Lipinski definition) is 5. The lowest BCUT2D eigenvalue weighted by atomic mass is 9.75. The van der Waals surface area contributed by atoms with Gasteiger partial charge in [0.2, 0.25) is 0 Å². The third kappa shape index (κ3) is 7.57. The maximum absolute atomic E-state index is 13.1. The second-order valence-electron chi connectivity index (χ2n) is 15.9. The molecule has 0 bridgehead atoms. The minimum absolute atomic E-state index is 0.0457. The van der Waals surface area contributed by atoms with E-state index in [1.165, 1.54) is 71.9 Å². The van der Waals surface area contributed by atoms with Gasteiger partial charge in [-0.25, -0.2) is 4.79 Å². The molecule has 9 nitrogen and oxygen atoms in total. The van der Waals surface area contributed by atoms with Crippen LogP contribution in [0.1, 0.15) is 102 Å². The molecule has 2 aliphatic carbocycles. The monoisotopic (exact) mass is 723 g/mol. The molecule has 4 aliphatic rings. The second-order valence-corrected chi connectivity index (χ2v) is 15.9. The number of ether oxygens (including phenoxy) is 2. The van der Waals surface area contributed by atoms with Gasteiger partial charge in [0, 0.05) is 92.2 Å². The number of carbonyl (C=O) groups is 3. The molecule has 53 heavy (non-hydrogen) atoms. The van der Waals surface area contributed by atoms with Crippen molar-refractivity contribution in [3.8, 4) is 0 Å². The Morgan fingerprint density at radius 2 is 1.17 bits per heavy atom. The van der Waals surface area contributed by atoms with Gasteiger partial charge in [-0.15, -0.1) is 0 Å². The molecule has 0 radical (unpaired) electrons. The minimum atomic E-state index is -0.846. The zero-order valence-electron chi connectivity index (χ0n) is 32.1. The molecule has 2 aromatic heterocycles. The summed E-state index contributed by atoms with van der Waals surface area (Å²) in [4.78, 5) is 38.0. The maximum Gasteiger partial charge on any atom is 0.335 e. The van der Waals surface area contributed by atoms with Crippen LogP contribution in [0.3, 0.4) is 0 Å². The summed E-state index contributed by atoms with van der Waals surface area (Å²) in [6.45, 7) is 8.10. The van der Waals surface area contributed by atoms with Crippen LogP contribution in [0, 0.1) is 23.7 Å². The highest BCUT2D eigenvalue weighted by Gasteiger charge is 2.32. The average Bonchev–Trinajstić information content (AvgIpc) is 3.65. The summed E-state index contributed by atoms with van der Waals surface area (Å²) in [7, 11) is 4.26. The highest BCUT2D eigenvalue weighted by molar-refractivity contribution is 6.01. The van der Waals surface area contributed by atoms with Crippen molar-refractivity contribution >= 4 is 39.5 Å². The van der Waals surface area contributed by atoms with Crippen LogP contribution in [0.25, 0.3) is 21.8 Å². The molecular formula is C44H57N3O6. The predicted molar refractivity (Wildman–Crippen MR) is 208 cm³/mol. The van der Waals surface area contributed by atoms with E-state index in [4.69, 9.17) is 9.47 Å². The Morgan fingerprint density at radius 1 is 0.698 bits per heavy atom. The van der Waals surface area contributed by atoms with Crippen LogP contribution >= 0.6 is 0 Å². The van der Waals surface area contributed by atoms with E-state index in [2.05, 4.69) is 35.4 Å². The smallest absolute Gasteiger partial charge is 0.335 e. The van der Waals surface area contributed by atoms with E-state index in [0.29, 0.717) is 35.9 Å². The van der Waals surface area contributed by atoms with E-state index in [9.17, 15) is 19.5 Å². The largest absolute Gasteiger partial charge is 0.478 e. The minimum Gasteiger partial charge on any atom is -0.478 e. The molecule has 0 spiro atoms. The number of Topliss-reactive ketones (excluding diaryl/α,β-unsaturated/α-hetero) is 1. The molecule has 2 fully saturated rings. The fourth-order valence-electron chi connectivity index (χ4n) is 9.89. The molecule has 0 saturated carbocycles. The van der Waals surface area contributed by atoms with Crippen molar-refractivity contribution in [2.24, 2.45) is 37.8 Å². The Labute approximate surface area is 313 Å². The number of carbonyl (C=O) groups excluding carboxylic acids is 2. The van der Waals surface area contributed by atoms with Gasteiger partial charge in [-0.1, -0.05) is 6.92 Å². The van der Waals surface area contributed by atoms with Gasteiger partial charge in [0.1, 0.15) is 0 Å². The second kappa shape index (κ2) is 16.2. The molecule has 2 aromatic carbocycles. The summed E-state index contributed by atoms with van der Waals surface area (Å²) in [5.41, 5.74) is 9.07. The first-order chi connectivity index (χ1) is 25.7. The number of aryl methyl sites for hydroxylation is 2. The van der Waals surface area contributed by atoms with Crippen LogP contribution in [0.4, 0.5) is 0 Å². The average molecular weight is 724 g/mol. The zero-order valence-corrected chi connectivity index (χ0v) is 32.1. The van der Waals surface area contributed by atoms with Crippen molar-refractivity contribution in [3.05, 3.63) is 70.0 Å². The number of ketones is 1. The first-order valence-corrected chi connectivity index (χ1v) is 20.1. The van der Waals surface area contributed by atoms with Crippen molar-refractivity contribution in [1.82, 2.24) is 14.0 Å². The molecule has 284 valence electrons. The summed E-state index contributed by atoms with van der Waals surface area (Å²) in [6, 6.07) is 11.6. The van der Waals surface area contributed by atoms with E-state index in [0.717, 1.165) is 74.8 Å². The Hall–Kier alpha value is -3.95. The Kier molecular flexibility index (Phi) is 11.4. The molecule has 1 N–H and O–H groups in total. The van der Waals surface area contributed by atoms with Crippen LogP contribution in [-0.4, -0.2) is 76.3 Å². The summed E-state index contributed by atoms with van der Waals surface area (Å²) in [5.74, 6) is 2.14. The van der Waals surface area contributed by atoms with Crippen molar-refractivity contribution in [1.29, 1.82) is 0 Å². The van der Waals surface area contributed by atoms with Crippen LogP contribution in [0.5, 0.6) is 0 Å². The number of amides is 1. The quantitative estimate of drug-likeness (QED) is 0.201. The lowest BCUT2D eigenvalue weighted by Crippen LogP contribution is -2.35. The number of benzene rings is 2. The van der Waals surface area contributed by atoms with E-state index < -0.39 is 5.97 Å². The van der Waals surface area contributed by atoms with Gasteiger partial charge in [-0.05, 0) is 142 Å². The van der Waals surface area contributed by atoms with Gasteiger partial charge in [-0.3, -0.25) is 9.59 Å². The molecule has 2 unspecified atom stereocenters. The third-order valence-electron chi connectivity index (χ3n) is 13.1. The number of likely N-dealkylation sites (N-methyl/N-ethyl adjacent to an activating group) is 1. The summed E-state index contributed by atoms with van der Waals surface area (Å²) < 4.78 is 15.7.